The summed E-state index contributed by atoms with van der Waals surface area (Å²) in [6.45, 7) is 1.81. The van der Waals surface area contributed by atoms with Crippen molar-refractivity contribution < 1.29 is 17.2 Å². The molecule has 0 N–H and O–H groups in total. The SMILES string of the molecule is CCc1nsc(S(=O)(=O)CCC=C(F)F)n1. The van der Waals surface area contributed by atoms with Crippen molar-refractivity contribution in [3.63, 3.8) is 0 Å². The minimum absolute atomic E-state index is 0.1000. The van der Waals surface area contributed by atoms with E-state index in [-0.39, 0.29) is 16.5 Å². The van der Waals surface area contributed by atoms with Gasteiger partial charge in [-0.3, -0.25) is 0 Å². The van der Waals surface area contributed by atoms with Crippen molar-refractivity contribution in [3.05, 3.63) is 18.0 Å². The molecule has 0 aliphatic rings. The molecule has 0 aliphatic carbocycles. The van der Waals surface area contributed by atoms with Crippen LogP contribution in [0.5, 0.6) is 0 Å². The van der Waals surface area contributed by atoms with Crippen LogP contribution in [0.2, 0.25) is 0 Å². The van der Waals surface area contributed by atoms with Gasteiger partial charge in [0, 0.05) is 6.42 Å². The van der Waals surface area contributed by atoms with Gasteiger partial charge in [0.1, 0.15) is 5.82 Å². The fourth-order valence-corrected chi connectivity index (χ4v) is 3.08. The molecule has 0 radical (unpaired) electrons. The first-order valence-corrected chi connectivity index (χ1v) is 6.94. The summed E-state index contributed by atoms with van der Waals surface area (Å²) in [5.41, 5.74) is 0. The lowest BCUT2D eigenvalue weighted by Crippen LogP contribution is -2.05. The predicted molar refractivity (Wildman–Crippen MR) is 56.3 cm³/mol. The summed E-state index contributed by atoms with van der Waals surface area (Å²) in [7, 11) is -3.58. The van der Waals surface area contributed by atoms with E-state index in [2.05, 4.69) is 9.36 Å². The molecule has 0 spiro atoms. The van der Waals surface area contributed by atoms with Gasteiger partial charge >= 0.3 is 0 Å². The third-order valence-electron chi connectivity index (χ3n) is 1.72. The first kappa shape index (κ1) is 13.2. The van der Waals surface area contributed by atoms with Gasteiger partial charge in [-0.25, -0.2) is 13.4 Å². The Balaban J connectivity index is 2.74. The van der Waals surface area contributed by atoms with Gasteiger partial charge in [-0.2, -0.15) is 13.2 Å². The minimum Gasteiger partial charge on any atom is -0.221 e. The van der Waals surface area contributed by atoms with Gasteiger partial charge in [0.2, 0.25) is 14.2 Å². The van der Waals surface area contributed by atoms with E-state index in [4.69, 9.17) is 0 Å². The first-order chi connectivity index (χ1) is 7.45. The van der Waals surface area contributed by atoms with Gasteiger partial charge < -0.3 is 0 Å². The second-order valence-corrected chi connectivity index (χ2v) is 5.97. The molecule has 8 heteroatoms. The molecule has 90 valence electrons. The van der Waals surface area contributed by atoms with Crippen molar-refractivity contribution in [1.29, 1.82) is 0 Å². The quantitative estimate of drug-likeness (QED) is 0.820. The van der Waals surface area contributed by atoms with Crippen LogP contribution >= 0.6 is 11.5 Å². The summed E-state index contributed by atoms with van der Waals surface area (Å²) in [5.74, 6) is 0.0821. The molecular weight excluding hydrogens is 258 g/mol. The average molecular weight is 268 g/mol. The maximum Gasteiger partial charge on any atom is 0.266 e. The Bertz CT molecular complexity index is 478. The molecule has 16 heavy (non-hydrogen) atoms. The fourth-order valence-electron chi connectivity index (χ4n) is 0.918. The predicted octanol–water partition coefficient (Wildman–Crippen LogP) is 2.04. The van der Waals surface area contributed by atoms with Crippen molar-refractivity contribution in [2.45, 2.75) is 24.1 Å². The van der Waals surface area contributed by atoms with Crippen molar-refractivity contribution in [2.75, 3.05) is 5.75 Å². The third kappa shape index (κ3) is 3.60. The van der Waals surface area contributed by atoms with Crippen molar-refractivity contribution in [3.8, 4) is 0 Å². The van der Waals surface area contributed by atoms with Crippen LogP contribution in [-0.2, 0) is 16.3 Å². The Labute approximate surface area is 96.1 Å². The Morgan fingerprint density at radius 2 is 2.19 bits per heavy atom. The second-order valence-electron chi connectivity index (χ2n) is 2.93. The Morgan fingerprint density at radius 3 is 2.69 bits per heavy atom. The van der Waals surface area contributed by atoms with E-state index in [1.54, 1.807) is 6.92 Å². The molecule has 1 heterocycles. The summed E-state index contributed by atoms with van der Waals surface area (Å²) in [6, 6.07) is 0. The fraction of sp³-hybridized carbons (Fsp3) is 0.500. The molecule has 0 aliphatic heterocycles. The molecule has 1 rings (SSSR count). The Hall–Kier alpha value is -0.890. The van der Waals surface area contributed by atoms with Crippen LogP contribution in [-0.4, -0.2) is 23.5 Å². The molecule has 0 amide bonds. The van der Waals surface area contributed by atoms with Crippen LogP contribution in [0.3, 0.4) is 0 Å². The molecule has 0 saturated heterocycles. The number of sulfone groups is 1. The number of hydrogen-bond acceptors (Lipinski definition) is 5. The lowest BCUT2D eigenvalue weighted by Gasteiger charge is -1.95. The van der Waals surface area contributed by atoms with Crippen LogP contribution in [0.15, 0.2) is 16.5 Å². The zero-order valence-corrected chi connectivity index (χ0v) is 10.1. The van der Waals surface area contributed by atoms with E-state index in [0.29, 0.717) is 18.3 Å². The molecule has 0 saturated carbocycles. The summed E-state index contributed by atoms with van der Waals surface area (Å²) in [5, 5.41) is 0. The topological polar surface area (TPSA) is 59.9 Å². The number of allylic oxidation sites excluding steroid dienone is 1. The highest BCUT2D eigenvalue weighted by molar-refractivity contribution is 7.93. The van der Waals surface area contributed by atoms with Crippen LogP contribution in [0, 0.1) is 0 Å². The van der Waals surface area contributed by atoms with Crippen LogP contribution in [0.4, 0.5) is 8.78 Å². The molecule has 0 fully saturated rings. The lowest BCUT2D eigenvalue weighted by atomic mass is 10.5. The third-order valence-corrected chi connectivity index (χ3v) is 4.65. The summed E-state index contributed by atoms with van der Waals surface area (Å²) >= 11 is 0.783. The smallest absolute Gasteiger partial charge is 0.221 e. The van der Waals surface area contributed by atoms with Crippen LogP contribution < -0.4 is 0 Å². The number of halogens is 2. The summed E-state index contributed by atoms with van der Waals surface area (Å²) < 4.78 is 50.3. The highest BCUT2D eigenvalue weighted by atomic mass is 32.2. The number of aromatic nitrogens is 2. The molecule has 1 aromatic heterocycles. The molecular formula is C8H10F2N2O2S2. The highest BCUT2D eigenvalue weighted by Crippen LogP contribution is 2.15. The average Bonchev–Trinajstić information content (AvgIpc) is 2.65. The monoisotopic (exact) mass is 268 g/mol. The molecule has 0 atom stereocenters. The van der Waals surface area contributed by atoms with Crippen molar-refractivity contribution in [2.24, 2.45) is 0 Å². The number of hydrogen-bond donors (Lipinski definition) is 0. The van der Waals surface area contributed by atoms with E-state index < -0.39 is 15.9 Å². The van der Waals surface area contributed by atoms with E-state index in [0.717, 1.165) is 11.5 Å². The van der Waals surface area contributed by atoms with E-state index >= 15 is 0 Å². The largest absolute Gasteiger partial charge is 0.266 e. The van der Waals surface area contributed by atoms with Crippen LogP contribution in [0.25, 0.3) is 0 Å². The maximum atomic E-state index is 11.7. The van der Waals surface area contributed by atoms with E-state index in [1.165, 1.54) is 0 Å². The standard InChI is InChI=1S/C8H10F2N2O2S2/c1-2-7-11-8(15-12-7)16(13,14)5-3-4-6(9)10/h4H,2-3,5H2,1H3. The van der Waals surface area contributed by atoms with Gasteiger partial charge in [-0.15, -0.1) is 0 Å². The lowest BCUT2D eigenvalue weighted by molar-refractivity contribution is 0.418. The number of aryl methyl sites for hydroxylation is 1. The van der Waals surface area contributed by atoms with Gasteiger partial charge in [-0.1, -0.05) is 6.92 Å². The van der Waals surface area contributed by atoms with Gasteiger partial charge in [0.25, 0.3) is 6.08 Å². The Kier molecular flexibility index (Phi) is 4.48. The van der Waals surface area contributed by atoms with Gasteiger partial charge in [0.05, 0.1) is 5.75 Å². The molecule has 0 unspecified atom stereocenters. The van der Waals surface area contributed by atoms with Crippen molar-refractivity contribution in [1.82, 2.24) is 9.36 Å². The Morgan fingerprint density at radius 1 is 1.50 bits per heavy atom. The first-order valence-electron chi connectivity index (χ1n) is 4.52. The van der Waals surface area contributed by atoms with Crippen molar-refractivity contribution >= 4 is 21.4 Å². The maximum absolute atomic E-state index is 11.7. The molecule has 1 aromatic rings. The number of rotatable bonds is 5. The zero-order valence-electron chi connectivity index (χ0n) is 8.48. The summed E-state index contributed by atoms with van der Waals surface area (Å²) in [6.07, 6.45) is -0.961. The zero-order chi connectivity index (χ0) is 12.2. The van der Waals surface area contributed by atoms with E-state index in [9.17, 15) is 17.2 Å². The summed E-state index contributed by atoms with van der Waals surface area (Å²) in [4.78, 5) is 3.81. The molecule has 0 bridgehead atoms. The normalized spacial score (nSPS) is 11.4. The van der Waals surface area contributed by atoms with Gasteiger partial charge in [-0.05, 0) is 24.0 Å². The highest BCUT2D eigenvalue weighted by Gasteiger charge is 2.19. The molecule has 4 nitrogen and oxygen atoms in total. The molecule has 0 aromatic carbocycles. The van der Waals surface area contributed by atoms with Gasteiger partial charge in [0.15, 0.2) is 0 Å². The van der Waals surface area contributed by atoms with Crippen LogP contribution in [0.1, 0.15) is 19.2 Å². The minimum atomic E-state index is -3.58. The number of nitrogens with zero attached hydrogens (tertiary/aromatic N) is 2. The second kappa shape index (κ2) is 5.44. The van der Waals surface area contributed by atoms with E-state index in [1.807, 2.05) is 0 Å².